The fourth-order valence-electron chi connectivity index (χ4n) is 6.94. The van der Waals surface area contributed by atoms with E-state index in [2.05, 4.69) is 4.90 Å². The number of nitrogens with zero attached hydrogens (tertiary/aromatic N) is 1. The monoisotopic (exact) mass is 463 g/mol. The first-order valence-corrected chi connectivity index (χ1v) is 11.3. The van der Waals surface area contributed by atoms with Gasteiger partial charge in [0.25, 0.3) is 0 Å². The second kappa shape index (κ2) is 7.12. The Kier molecular flexibility index (Phi) is 4.70. The van der Waals surface area contributed by atoms with Gasteiger partial charge in [-0.15, -0.1) is 0 Å². The number of phenolic OH excluding ortho intramolecular Hbond substituents is 1. The number of piperidine rings is 1. The Morgan fingerprint density at radius 2 is 1.85 bits per heavy atom. The van der Waals surface area contributed by atoms with Gasteiger partial charge in [-0.25, -0.2) is 0 Å². The van der Waals surface area contributed by atoms with Gasteiger partial charge >= 0.3 is 0 Å². The number of hydrogen-bond donors (Lipinski definition) is 7. The molecule has 1 aromatic carbocycles. The quantitative estimate of drug-likeness (QED) is 0.245. The Hall–Kier alpha value is -1.76. The van der Waals surface area contributed by atoms with Crippen molar-refractivity contribution in [2.24, 2.45) is 5.92 Å². The fraction of sp³-hybridized carbons (Fsp3) is 0.652. The van der Waals surface area contributed by atoms with Gasteiger partial charge in [0.2, 0.25) is 0 Å². The van der Waals surface area contributed by atoms with Crippen LogP contribution in [0.15, 0.2) is 18.2 Å². The molecule has 0 radical (unpaired) electrons. The lowest BCUT2D eigenvalue weighted by atomic mass is 9.53. The van der Waals surface area contributed by atoms with Crippen LogP contribution in [-0.2, 0) is 16.6 Å². The third-order valence-electron chi connectivity index (χ3n) is 8.57. The third-order valence-corrected chi connectivity index (χ3v) is 8.57. The Morgan fingerprint density at radius 1 is 1.09 bits per heavy atom. The van der Waals surface area contributed by atoms with Crippen LogP contribution in [0.4, 0.5) is 0 Å². The van der Waals surface area contributed by atoms with Gasteiger partial charge in [-0.2, -0.15) is 0 Å². The second-order valence-electron chi connectivity index (χ2n) is 10.1. The van der Waals surface area contributed by atoms with Gasteiger partial charge in [-0.3, -0.25) is 0 Å². The molecule has 2 saturated heterocycles. The number of ether oxygens (including phenoxy) is 2. The molecule has 5 aliphatic rings. The van der Waals surface area contributed by atoms with Gasteiger partial charge in [-0.1, -0.05) is 12.2 Å². The van der Waals surface area contributed by atoms with Gasteiger partial charge in [0.15, 0.2) is 17.8 Å². The number of hydrogen-bond acceptors (Lipinski definition) is 10. The van der Waals surface area contributed by atoms with Crippen molar-refractivity contribution in [3.8, 4) is 11.5 Å². The molecule has 0 amide bonds. The summed E-state index contributed by atoms with van der Waals surface area (Å²) in [5, 5.41) is 73.3. The van der Waals surface area contributed by atoms with Crippen LogP contribution in [-0.4, -0.2) is 103 Å². The van der Waals surface area contributed by atoms with Crippen LogP contribution in [0.3, 0.4) is 0 Å². The van der Waals surface area contributed by atoms with Crippen LogP contribution in [0.25, 0.3) is 0 Å². The summed E-state index contributed by atoms with van der Waals surface area (Å²) in [6.45, 7) is 0.786. The molecule has 1 spiro atoms. The van der Waals surface area contributed by atoms with Gasteiger partial charge in [0, 0.05) is 22.9 Å². The summed E-state index contributed by atoms with van der Waals surface area (Å²) in [6.07, 6.45) is -6.22. The summed E-state index contributed by atoms with van der Waals surface area (Å²) in [5.41, 5.74) is 1.25. The van der Waals surface area contributed by atoms with E-state index in [0.29, 0.717) is 24.2 Å². The SMILES string of the molecule is CN1CC[C@]23c4c5c(C(O)[C@H]6O[C@@H](O)[C@H](O)[C@@H](O)[C@H]6O)cc(O)c4O[C@H]2[C@@H](O)C=C[C@H]3[C@H]1C5. The smallest absolute Gasteiger partial charge is 0.184 e. The maximum atomic E-state index is 11.3. The molecule has 0 saturated carbocycles. The normalized spacial score (nSPS) is 46.6. The Balaban J connectivity index is 1.51. The molecule has 3 heterocycles. The van der Waals surface area contributed by atoms with Crippen LogP contribution in [0.5, 0.6) is 11.5 Å². The van der Waals surface area contributed by atoms with Crippen molar-refractivity contribution >= 4 is 0 Å². The van der Waals surface area contributed by atoms with Crippen LogP contribution in [0.1, 0.15) is 29.2 Å². The molecule has 3 aliphatic heterocycles. The summed E-state index contributed by atoms with van der Waals surface area (Å²) >= 11 is 0. The minimum Gasteiger partial charge on any atom is -0.504 e. The largest absolute Gasteiger partial charge is 0.504 e. The molecule has 2 fully saturated rings. The number of likely N-dealkylation sites (N-methyl/N-ethyl adjacent to an activating group) is 1. The molecule has 6 rings (SSSR count). The molecule has 0 aromatic heterocycles. The van der Waals surface area contributed by atoms with Crippen molar-refractivity contribution in [3.63, 3.8) is 0 Å². The average Bonchev–Trinajstić information content (AvgIpc) is 3.15. The summed E-state index contributed by atoms with van der Waals surface area (Å²) in [5.74, 6) is 0.171. The molecular formula is C23H29NO9. The number of aliphatic hydroxyl groups is 6. The Bertz CT molecular complexity index is 1020. The number of aliphatic hydroxyl groups excluding tert-OH is 6. The zero-order valence-electron chi connectivity index (χ0n) is 18.0. The van der Waals surface area contributed by atoms with E-state index >= 15 is 0 Å². The summed E-state index contributed by atoms with van der Waals surface area (Å²) in [7, 11) is 2.03. The molecule has 10 heteroatoms. The predicted octanol–water partition coefficient (Wildman–Crippen LogP) is -1.97. The van der Waals surface area contributed by atoms with Crippen molar-refractivity contribution in [1.29, 1.82) is 0 Å². The second-order valence-corrected chi connectivity index (χ2v) is 10.1. The average molecular weight is 463 g/mol. The van der Waals surface area contributed by atoms with Crippen LogP contribution >= 0.6 is 0 Å². The van der Waals surface area contributed by atoms with E-state index < -0.39 is 54.4 Å². The number of likely N-dealkylation sites (tertiary alicyclic amines) is 1. The Labute approximate surface area is 189 Å². The molecule has 10 nitrogen and oxygen atoms in total. The maximum absolute atomic E-state index is 11.3. The zero-order chi connectivity index (χ0) is 23.4. The van der Waals surface area contributed by atoms with Crippen LogP contribution in [0, 0.1) is 5.92 Å². The highest BCUT2D eigenvalue weighted by atomic mass is 16.6. The molecular weight excluding hydrogens is 434 g/mol. The number of phenols is 1. The fourth-order valence-corrected chi connectivity index (χ4v) is 6.94. The van der Waals surface area contributed by atoms with Crippen LogP contribution in [0.2, 0.25) is 0 Å². The third kappa shape index (κ3) is 2.66. The number of rotatable bonds is 2. The lowest BCUT2D eigenvalue weighted by Crippen LogP contribution is -2.65. The summed E-state index contributed by atoms with van der Waals surface area (Å²) in [6, 6.07) is 1.43. The minimum atomic E-state index is -1.79. The van der Waals surface area contributed by atoms with Crippen molar-refractivity contribution in [1.82, 2.24) is 4.90 Å². The first-order valence-electron chi connectivity index (χ1n) is 11.3. The maximum Gasteiger partial charge on any atom is 0.184 e. The van der Waals surface area contributed by atoms with E-state index in [-0.39, 0.29) is 17.7 Å². The first-order chi connectivity index (χ1) is 15.7. The molecule has 2 bridgehead atoms. The summed E-state index contributed by atoms with van der Waals surface area (Å²) in [4.78, 5) is 2.24. The van der Waals surface area contributed by atoms with Gasteiger partial charge in [0.1, 0.15) is 42.7 Å². The number of benzene rings is 1. The molecule has 180 valence electrons. The first kappa shape index (κ1) is 21.8. The highest BCUT2D eigenvalue weighted by molar-refractivity contribution is 5.64. The van der Waals surface area contributed by atoms with Crippen molar-refractivity contribution < 1.29 is 45.2 Å². The number of aromatic hydroxyl groups is 1. The molecule has 1 aromatic rings. The topological polar surface area (TPSA) is 163 Å². The highest BCUT2D eigenvalue weighted by Crippen LogP contribution is 2.63. The van der Waals surface area contributed by atoms with Crippen LogP contribution < -0.4 is 4.74 Å². The van der Waals surface area contributed by atoms with E-state index in [1.165, 1.54) is 6.07 Å². The van der Waals surface area contributed by atoms with Gasteiger partial charge in [0.05, 0.1) is 0 Å². The van der Waals surface area contributed by atoms with E-state index in [1.807, 2.05) is 13.1 Å². The molecule has 7 N–H and O–H groups in total. The minimum absolute atomic E-state index is 0.0560. The van der Waals surface area contributed by atoms with E-state index in [1.54, 1.807) is 6.08 Å². The van der Waals surface area contributed by atoms with Crippen molar-refractivity contribution in [2.45, 2.75) is 73.3 Å². The highest BCUT2D eigenvalue weighted by Gasteiger charge is 2.65. The zero-order valence-corrected chi connectivity index (χ0v) is 18.0. The molecule has 11 atom stereocenters. The van der Waals surface area contributed by atoms with Gasteiger partial charge < -0.3 is 50.1 Å². The van der Waals surface area contributed by atoms with Gasteiger partial charge in [-0.05, 0) is 43.6 Å². The molecule has 2 aliphatic carbocycles. The molecule has 1 unspecified atom stereocenters. The van der Waals surface area contributed by atoms with Crippen molar-refractivity contribution in [2.75, 3.05) is 13.6 Å². The standard InChI is InChI=1S/C23H29NO9/c1-24-5-4-23-10-2-3-12(25)21(23)32-19-13(26)7-9(8(14(19)23)6-11(10)24)15(27)20-17(29)16(28)18(30)22(31)33-20/h2-3,7,10-12,15-18,20-22,25-31H,4-6H2,1H3/t10-,11+,12-,15?,16-,17+,18+,20+,21-,22+,23-/m0/s1. The molecule has 33 heavy (non-hydrogen) atoms. The van der Waals surface area contributed by atoms with E-state index in [4.69, 9.17) is 9.47 Å². The lowest BCUT2D eigenvalue weighted by molar-refractivity contribution is -0.297. The Morgan fingerprint density at radius 3 is 2.61 bits per heavy atom. The van der Waals surface area contributed by atoms with E-state index in [0.717, 1.165) is 17.7 Å². The van der Waals surface area contributed by atoms with Crippen molar-refractivity contribution in [3.05, 3.63) is 34.9 Å². The van der Waals surface area contributed by atoms with E-state index in [9.17, 15) is 35.7 Å². The predicted molar refractivity (Wildman–Crippen MR) is 111 cm³/mol. The summed E-state index contributed by atoms with van der Waals surface area (Å²) < 4.78 is 11.4. The lowest BCUT2D eigenvalue weighted by Gasteiger charge is -2.56.